The summed E-state index contributed by atoms with van der Waals surface area (Å²) in [6.45, 7) is 5.74. The summed E-state index contributed by atoms with van der Waals surface area (Å²) in [6.07, 6.45) is 2.12. The molecular weight excluding hydrogens is 262 g/mol. The highest BCUT2D eigenvalue weighted by atomic mass is 16.3. The van der Waals surface area contributed by atoms with Gasteiger partial charge in [-0.1, -0.05) is 13.3 Å². The SMILES string of the molecule is CCCc1cc(CNC)cc(N(C)Cc2ccc(C)o2)n1. The van der Waals surface area contributed by atoms with E-state index in [1.54, 1.807) is 0 Å². The van der Waals surface area contributed by atoms with Crippen molar-refractivity contribution >= 4 is 5.82 Å². The van der Waals surface area contributed by atoms with Gasteiger partial charge >= 0.3 is 0 Å². The van der Waals surface area contributed by atoms with Gasteiger partial charge in [0, 0.05) is 19.3 Å². The molecule has 21 heavy (non-hydrogen) atoms. The van der Waals surface area contributed by atoms with Crippen molar-refractivity contribution in [2.24, 2.45) is 0 Å². The first kappa shape index (κ1) is 15.6. The number of pyridine rings is 1. The van der Waals surface area contributed by atoms with Crippen LogP contribution < -0.4 is 10.2 Å². The van der Waals surface area contributed by atoms with Crippen LogP contribution >= 0.6 is 0 Å². The lowest BCUT2D eigenvalue weighted by Crippen LogP contribution is -2.19. The lowest BCUT2D eigenvalue weighted by molar-refractivity contribution is 0.481. The molecule has 1 N–H and O–H groups in total. The van der Waals surface area contributed by atoms with E-state index in [1.807, 2.05) is 26.1 Å². The van der Waals surface area contributed by atoms with Gasteiger partial charge in [-0.05, 0) is 50.2 Å². The summed E-state index contributed by atoms with van der Waals surface area (Å²) in [7, 11) is 4.02. The van der Waals surface area contributed by atoms with E-state index in [4.69, 9.17) is 9.40 Å². The van der Waals surface area contributed by atoms with Gasteiger partial charge in [0.1, 0.15) is 17.3 Å². The summed E-state index contributed by atoms with van der Waals surface area (Å²) in [4.78, 5) is 6.90. The number of nitrogens with zero attached hydrogens (tertiary/aromatic N) is 2. The number of furan rings is 1. The Kier molecular flexibility index (Phi) is 5.39. The third-order valence-electron chi connectivity index (χ3n) is 3.39. The van der Waals surface area contributed by atoms with Crippen LogP contribution in [0.5, 0.6) is 0 Å². The molecule has 0 saturated heterocycles. The molecule has 0 aliphatic rings. The zero-order valence-corrected chi connectivity index (χ0v) is 13.4. The second-order valence-corrected chi connectivity index (χ2v) is 5.47. The minimum Gasteiger partial charge on any atom is -0.464 e. The molecule has 0 aromatic carbocycles. The zero-order valence-electron chi connectivity index (χ0n) is 13.4. The van der Waals surface area contributed by atoms with Crippen LogP contribution in [-0.2, 0) is 19.5 Å². The van der Waals surface area contributed by atoms with Crippen molar-refractivity contribution in [1.82, 2.24) is 10.3 Å². The molecule has 114 valence electrons. The molecule has 2 heterocycles. The van der Waals surface area contributed by atoms with E-state index in [9.17, 15) is 0 Å². The minimum atomic E-state index is 0.732. The number of hydrogen-bond donors (Lipinski definition) is 1. The molecule has 0 spiro atoms. The highest BCUT2D eigenvalue weighted by Gasteiger charge is 2.09. The number of aryl methyl sites for hydroxylation is 2. The van der Waals surface area contributed by atoms with Gasteiger partial charge < -0.3 is 14.6 Å². The Hall–Kier alpha value is -1.81. The Labute approximate surface area is 127 Å². The maximum absolute atomic E-state index is 5.65. The van der Waals surface area contributed by atoms with E-state index in [2.05, 4.69) is 36.3 Å². The van der Waals surface area contributed by atoms with E-state index in [0.717, 1.165) is 49.0 Å². The van der Waals surface area contributed by atoms with Crippen molar-refractivity contribution in [1.29, 1.82) is 0 Å². The van der Waals surface area contributed by atoms with Gasteiger partial charge in [0.2, 0.25) is 0 Å². The molecule has 0 amide bonds. The van der Waals surface area contributed by atoms with E-state index >= 15 is 0 Å². The van der Waals surface area contributed by atoms with E-state index < -0.39 is 0 Å². The summed E-state index contributed by atoms with van der Waals surface area (Å²) < 4.78 is 5.65. The van der Waals surface area contributed by atoms with Gasteiger partial charge in [-0.25, -0.2) is 4.98 Å². The fourth-order valence-corrected chi connectivity index (χ4v) is 2.40. The van der Waals surface area contributed by atoms with Crippen LogP contribution in [0.3, 0.4) is 0 Å². The summed E-state index contributed by atoms with van der Waals surface area (Å²) in [5.41, 5.74) is 2.43. The van der Waals surface area contributed by atoms with Crippen LogP contribution in [0, 0.1) is 6.92 Å². The first-order valence-electron chi connectivity index (χ1n) is 7.53. The van der Waals surface area contributed by atoms with Crippen LogP contribution in [-0.4, -0.2) is 19.1 Å². The van der Waals surface area contributed by atoms with Crippen molar-refractivity contribution in [3.8, 4) is 0 Å². The molecule has 4 heteroatoms. The number of anilines is 1. The summed E-state index contributed by atoms with van der Waals surface area (Å²) in [5, 5.41) is 3.21. The summed E-state index contributed by atoms with van der Waals surface area (Å²) in [6, 6.07) is 8.35. The Morgan fingerprint density at radius 3 is 2.71 bits per heavy atom. The van der Waals surface area contributed by atoms with Crippen molar-refractivity contribution < 1.29 is 4.42 Å². The molecule has 0 fully saturated rings. The van der Waals surface area contributed by atoms with E-state index in [0.29, 0.717) is 0 Å². The molecule has 0 atom stereocenters. The molecule has 0 aliphatic carbocycles. The first-order chi connectivity index (χ1) is 10.1. The maximum atomic E-state index is 5.65. The van der Waals surface area contributed by atoms with E-state index in [1.165, 1.54) is 5.56 Å². The second-order valence-electron chi connectivity index (χ2n) is 5.47. The van der Waals surface area contributed by atoms with Gasteiger partial charge in [0.25, 0.3) is 0 Å². The third-order valence-corrected chi connectivity index (χ3v) is 3.39. The Morgan fingerprint density at radius 1 is 1.29 bits per heavy atom. The average Bonchev–Trinajstić information content (AvgIpc) is 2.84. The van der Waals surface area contributed by atoms with Crippen LogP contribution in [0.1, 0.15) is 36.1 Å². The normalized spacial score (nSPS) is 10.9. The zero-order chi connectivity index (χ0) is 15.2. The minimum absolute atomic E-state index is 0.732. The largest absolute Gasteiger partial charge is 0.464 e. The van der Waals surface area contributed by atoms with Gasteiger partial charge in [-0.15, -0.1) is 0 Å². The molecular formula is C17H25N3O. The van der Waals surface area contributed by atoms with Crippen LogP contribution in [0.2, 0.25) is 0 Å². The molecule has 4 nitrogen and oxygen atoms in total. The number of hydrogen-bond acceptors (Lipinski definition) is 4. The predicted molar refractivity (Wildman–Crippen MR) is 86.5 cm³/mol. The van der Waals surface area contributed by atoms with Crippen molar-refractivity contribution in [2.75, 3.05) is 19.0 Å². The molecule has 0 aliphatic heterocycles. The summed E-state index contributed by atoms with van der Waals surface area (Å²) >= 11 is 0. The van der Waals surface area contributed by atoms with Crippen molar-refractivity contribution in [3.05, 3.63) is 47.0 Å². The highest BCUT2D eigenvalue weighted by molar-refractivity contribution is 5.42. The quantitative estimate of drug-likeness (QED) is 0.848. The van der Waals surface area contributed by atoms with Gasteiger partial charge in [0.05, 0.1) is 6.54 Å². The third kappa shape index (κ3) is 4.33. The molecule has 0 saturated carbocycles. The Balaban J connectivity index is 2.19. The lowest BCUT2D eigenvalue weighted by atomic mass is 10.1. The molecule has 2 aromatic heterocycles. The lowest BCUT2D eigenvalue weighted by Gasteiger charge is -2.19. The van der Waals surface area contributed by atoms with Crippen molar-refractivity contribution in [3.63, 3.8) is 0 Å². The Morgan fingerprint density at radius 2 is 2.10 bits per heavy atom. The summed E-state index contributed by atoms with van der Waals surface area (Å²) in [5.74, 6) is 2.91. The van der Waals surface area contributed by atoms with Crippen LogP contribution in [0.25, 0.3) is 0 Å². The molecule has 0 bridgehead atoms. The van der Waals surface area contributed by atoms with Crippen LogP contribution in [0.4, 0.5) is 5.82 Å². The average molecular weight is 287 g/mol. The fourth-order valence-electron chi connectivity index (χ4n) is 2.40. The van der Waals surface area contributed by atoms with E-state index in [-0.39, 0.29) is 0 Å². The highest BCUT2D eigenvalue weighted by Crippen LogP contribution is 2.18. The smallest absolute Gasteiger partial charge is 0.129 e. The Bertz CT molecular complexity index is 553. The molecule has 0 radical (unpaired) electrons. The monoisotopic (exact) mass is 287 g/mol. The fraction of sp³-hybridized carbons (Fsp3) is 0.471. The molecule has 2 aromatic rings. The first-order valence-corrected chi connectivity index (χ1v) is 7.53. The number of rotatable bonds is 7. The number of aromatic nitrogens is 1. The van der Waals surface area contributed by atoms with Gasteiger partial charge in [-0.2, -0.15) is 0 Å². The van der Waals surface area contributed by atoms with Gasteiger partial charge in [0.15, 0.2) is 0 Å². The number of nitrogens with one attached hydrogen (secondary N) is 1. The van der Waals surface area contributed by atoms with Crippen molar-refractivity contribution in [2.45, 2.75) is 39.8 Å². The maximum Gasteiger partial charge on any atom is 0.129 e. The van der Waals surface area contributed by atoms with Crippen LogP contribution in [0.15, 0.2) is 28.7 Å². The topological polar surface area (TPSA) is 41.3 Å². The molecule has 2 rings (SSSR count). The van der Waals surface area contributed by atoms with Gasteiger partial charge in [-0.3, -0.25) is 0 Å². The second kappa shape index (κ2) is 7.27. The molecule has 0 unspecified atom stereocenters. The standard InChI is InChI=1S/C17H25N3O/c1-5-6-15-9-14(11-18-3)10-17(19-15)20(4)12-16-8-7-13(2)21-16/h7-10,18H,5-6,11-12H2,1-4H3. The predicted octanol–water partition coefficient (Wildman–Crippen LogP) is 3.29.